The number of likely N-dealkylation sites (tertiary alicyclic amines) is 2. The molecule has 0 aromatic heterocycles. The fraction of sp³-hybridized carbons (Fsp3) is 0.800. The molecule has 2 N–H and O–H groups in total. The summed E-state index contributed by atoms with van der Waals surface area (Å²) in [6, 6.07) is -1.14. The number of carbonyl (C=O) groups is 1. The van der Waals surface area contributed by atoms with Crippen molar-refractivity contribution in [3.05, 3.63) is 22.8 Å². The number of hydrogen-bond donors (Lipinski definition) is 2. The van der Waals surface area contributed by atoms with E-state index in [-0.39, 0.29) is 18.9 Å². The van der Waals surface area contributed by atoms with Crippen molar-refractivity contribution in [3.63, 3.8) is 0 Å². The lowest BCUT2D eigenvalue weighted by atomic mass is 10.0. The Hall–Kier alpha value is -1.51. The summed E-state index contributed by atoms with van der Waals surface area (Å²) in [7, 11) is 0. The van der Waals surface area contributed by atoms with E-state index in [9.17, 15) is 15.0 Å². The average molecular weight is 306 g/mol. The zero-order valence-corrected chi connectivity index (χ0v) is 12.6. The topological polar surface area (TPSA) is 72.7 Å². The average Bonchev–Trinajstić information content (AvgIpc) is 3.10. The molecule has 2 aliphatic heterocycles. The van der Waals surface area contributed by atoms with Crippen LogP contribution in [0.15, 0.2) is 0 Å². The molecule has 2 aliphatic rings. The molecule has 0 radical (unpaired) electrons. The van der Waals surface area contributed by atoms with Crippen LogP contribution < -0.4 is 0 Å². The van der Waals surface area contributed by atoms with Gasteiger partial charge in [0.15, 0.2) is 5.78 Å². The number of rotatable bonds is 6. The third-order valence-electron chi connectivity index (χ3n) is 4.46. The molecule has 0 aromatic carbocycles. The Morgan fingerprint density at radius 1 is 1.00 bits per heavy atom. The molecule has 0 saturated carbocycles. The van der Waals surface area contributed by atoms with Gasteiger partial charge in [0.1, 0.15) is 12.1 Å². The van der Waals surface area contributed by atoms with Crippen LogP contribution in [0.1, 0.15) is 12.8 Å². The minimum Gasteiger partial charge on any atom is -0.392 e. The van der Waals surface area contributed by atoms with Crippen molar-refractivity contribution in [1.29, 1.82) is 0 Å². The van der Waals surface area contributed by atoms with Gasteiger partial charge in [0, 0.05) is 26.2 Å². The van der Waals surface area contributed by atoms with E-state index in [2.05, 4.69) is 9.69 Å². The van der Waals surface area contributed by atoms with Gasteiger partial charge in [-0.25, -0.2) is 13.1 Å². The molecule has 0 spiro atoms. The van der Waals surface area contributed by atoms with Crippen LogP contribution >= 0.6 is 0 Å². The number of ketones is 1. The summed E-state index contributed by atoms with van der Waals surface area (Å²) in [4.78, 5) is 23.3. The van der Waals surface area contributed by atoms with Crippen LogP contribution in [-0.4, -0.2) is 89.4 Å². The van der Waals surface area contributed by atoms with E-state index < -0.39 is 24.3 Å². The number of carbonyl (C=O) groups excluding carboxylic acids is 1. The molecule has 120 valence electrons. The molecule has 2 saturated heterocycles. The Labute approximate surface area is 130 Å². The molecule has 2 fully saturated rings. The van der Waals surface area contributed by atoms with E-state index in [1.165, 1.54) is 0 Å². The normalized spacial score (nSPS) is 28.9. The van der Waals surface area contributed by atoms with Crippen LogP contribution in [0.3, 0.4) is 0 Å². The number of aliphatic hydroxyl groups excluding tert-OH is 2. The van der Waals surface area contributed by atoms with Gasteiger partial charge < -0.3 is 19.9 Å². The lowest BCUT2D eigenvalue weighted by Crippen LogP contribution is -2.53. The highest BCUT2D eigenvalue weighted by molar-refractivity contribution is 5.90. The second-order valence-corrected chi connectivity index (χ2v) is 5.99. The summed E-state index contributed by atoms with van der Waals surface area (Å²) >= 11 is 0. The van der Waals surface area contributed by atoms with Crippen molar-refractivity contribution in [3.8, 4) is 0 Å². The summed E-state index contributed by atoms with van der Waals surface area (Å²) in [6.07, 6.45) is 0.318. The molecule has 2 heterocycles. The van der Waals surface area contributed by atoms with Crippen molar-refractivity contribution >= 4 is 5.78 Å². The molecular formula is C15H22N4O3. The van der Waals surface area contributed by atoms with Gasteiger partial charge in [-0.05, 0) is 12.8 Å². The summed E-state index contributed by atoms with van der Waals surface area (Å²) in [5, 5.41) is 19.3. The third kappa shape index (κ3) is 3.82. The monoisotopic (exact) mass is 306 g/mol. The van der Waals surface area contributed by atoms with Gasteiger partial charge >= 0.3 is 0 Å². The maximum atomic E-state index is 12.9. The predicted molar refractivity (Wildman–Crippen MR) is 79.9 cm³/mol. The molecule has 2 rings (SSSR count). The van der Waals surface area contributed by atoms with Crippen molar-refractivity contribution < 1.29 is 15.0 Å². The highest BCUT2D eigenvalue weighted by atomic mass is 16.3. The van der Waals surface area contributed by atoms with Crippen LogP contribution in [0.4, 0.5) is 0 Å². The number of nitrogens with zero attached hydrogens (tertiary/aromatic N) is 4. The van der Waals surface area contributed by atoms with Crippen molar-refractivity contribution in [1.82, 2.24) is 9.80 Å². The van der Waals surface area contributed by atoms with Gasteiger partial charge in [-0.3, -0.25) is 14.6 Å². The fourth-order valence-corrected chi connectivity index (χ4v) is 3.27. The smallest absolute Gasteiger partial charge is 0.237 e. The maximum Gasteiger partial charge on any atom is 0.237 e. The summed E-state index contributed by atoms with van der Waals surface area (Å²) in [5.41, 5.74) is 0. The lowest BCUT2D eigenvalue weighted by molar-refractivity contribution is -0.128. The van der Waals surface area contributed by atoms with Crippen LogP contribution in [-0.2, 0) is 4.79 Å². The first-order valence-electron chi connectivity index (χ1n) is 7.61. The van der Waals surface area contributed by atoms with Gasteiger partial charge in [-0.1, -0.05) is 0 Å². The summed E-state index contributed by atoms with van der Waals surface area (Å²) in [6.45, 7) is 16.3. The van der Waals surface area contributed by atoms with Crippen LogP contribution in [0.5, 0.6) is 0 Å². The van der Waals surface area contributed by atoms with Crippen LogP contribution in [0.2, 0.25) is 0 Å². The molecule has 4 atom stereocenters. The van der Waals surface area contributed by atoms with Crippen molar-refractivity contribution in [2.75, 3.05) is 39.3 Å². The number of β-amino-alcohol motifs (C(OH)–C–C–N with tert-alkyl or cyclic N) is 2. The van der Waals surface area contributed by atoms with E-state index in [4.69, 9.17) is 13.1 Å². The Balaban J connectivity index is 2.12. The molecule has 22 heavy (non-hydrogen) atoms. The molecule has 0 aliphatic carbocycles. The Morgan fingerprint density at radius 3 is 1.68 bits per heavy atom. The lowest BCUT2D eigenvalue weighted by Gasteiger charge is -2.28. The second-order valence-electron chi connectivity index (χ2n) is 5.99. The molecular weight excluding hydrogens is 284 g/mol. The van der Waals surface area contributed by atoms with Gasteiger partial charge in [0.25, 0.3) is 0 Å². The van der Waals surface area contributed by atoms with Crippen molar-refractivity contribution in [2.45, 2.75) is 37.1 Å². The summed E-state index contributed by atoms with van der Waals surface area (Å²) in [5.74, 6) is -0.129. The van der Waals surface area contributed by atoms with Crippen molar-refractivity contribution in [2.24, 2.45) is 0 Å². The third-order valence-corrected chi connectivity index (χ3v) is 4.46. The standard InChI is InChI=1S/C15H22N4O3/c1-16-7-13(18-5-3-11(20)9-18)15(22)14(8-17-2)19-6-4-12(21)10-19/h11-14,20-21H,3-10H2/t11-,12-,13?,14?/m1/s1. The molecule has 7 nitrogen and oxygen atoms in total. The Morgan fingerprint density at radius 2 is 1.41 bits per heavy atom. The van der Waals surface area contributed by atoms with Gasteiger partial charge in [-0.15, -0.1) is 0 Å². The van der Waals surface area contributed by atoms with Gasteiger partial charge in [-0.2, -0.15) is 0 Å². The van der Waals surface area contributed by atoms with E-state index >= 15 is 0 Å². The van der Waals surface area contributed by atoms with E-state index in [0.29, 0.717) is 39.0 Å². The first kappa shape index (κ1) is 16.9. The minimum atomic E-state index is -0.570. The number of Topliss-reactive ketones (excluding diaryl/α,β-unsaturated/α-hetero) is 1. The largest absolute Gasteiger partial charge is 0.392 e. The highest BCUT2D eigenvalue weighted by Gasteiger charge is 2.42. The first-order valence-corrected chi connectivity index (χ1v) is 7.61. The van der Waals surface area contributed by atoms with E-state index in [0.717, 1.165) is 0 Å². The van der Waals surface area contributed by atoms with Crippen LogP contribution in [0.25, 0.3) is 9.69 Å². The van der Waals surface area contributed by atoms with E-state index in [1.54, 1.807) is 0 Å². The molecule has 0 bridgehead atoms. The Kier molecular flexibility index (Phi) is 5.87. The second kappa shape index (κ2) is 7.66. The zero-order chi connectivity index (χ0) is 16.1. The quantitative estimate of drug-likeness (QED) is 0.633. The highest BCUT2D eigenvalue weighted by Crippen LogP contribution is 2.20. The fourth-order valence-electron chi connectivity index (χ4n) is 3.27. The first-order chi connectivity index (χ1) is 10.6. The van der Waals surface area contributed by atoms with Gasteiger partial charge in [0.2, 0.25) is 13.1 Å². The number of hydrogen-bond acceptors (Lipinski definition) is 5. The zero-order valence-electron chi connectivity index (χ0n) is 12.6. The summed E-state index contributed by atoms with van der Waals surface area (Å²) < 4.78 is 0. The Bertz CT molecular complexity index is 442. The van der Waals surface area contributed by atoms with Gasteiger partial charge in [0.05, 0.1) is 12.2 Å². The molecule has 7 heteroatoms. The van der Waals surface area contributed by atoms with E-state index in [1.807, 2.05) is 9.80 Å². The molecule has 0 aromatic rings. The predicted octanol–water partition coefficient (Wildman–Crippen LogP) is -0.736. The SMILES string of the molecule is [C-]#[N+]CC(C(=O)C(C[N+]#[C-])N1CC[C@@H](O)C1)N1CC[C@@H](O)C1. The molecule has 2 unspecified atom stereocenters. The minimum absolute atomic E-state index is 0.0520. The van der Waals surface area contributed by atoms with Crippen LogP contribution in [0, 0.1) is 13.1 Å². The molecule has 0 amide bonds. The number of aliphatic hydroxyl groups is 2. The maximum absolute atomic E-state index is 12.9.